The van der Waals surface area contributed by atoms with Gasteiger partial charge in [0, 0.05) is 11.6 Å². The number of rotatable bonds is 1. The molecule has 19 heavy (non-hydrogen) atoms. The van der Waals surface area contributed by atoms with E-state index in [1.807, 2.05) is 0 Å². The van der Waals surface area contributed by atoms with E-state index in [2.05, 4.69) is 67.2 Å². The van der Waals surface area contributed by atoms with Crippen molar-refractivity contribution in [3.8, 4) is 11.3 Å². The third kappa shape index (κ3) is 1.58. The van der Waals surface area contributed by atoms with Gasteiger partial charge in [-0.1, -0.05) is 24.3 Å². The molecule has 1 heterocycles. The molecule has 0 aliphatic heterocycles. The molecule has 0 bridgehead atoms. The SMILES string of the molecule is Cc1ccccc1-c1c2cc3c(cc2cc[n+]1C)C3. The lowest BCUT2D eigenvalue weighted by Gasteiger charge is -2.07. The topological polar surface area (TPSA) is 3.88 Å². The van der Waals surface area contributed by atoms with Gasteiger partial charge in [-0.2, -0.15) is 0 Å². The van der Waals surface area contributed by atoms with E-state index in [9.17, 15) is 0 Å². The summed E-state index contributed by atoms with van der Waals surface area (Å²) >= 11 is 0. The molecule has 1 heteroatoms. The number of aryl methyl sites for hydroxylation is 2. The Morgan fingerprint density at radius 2 is 1.79 bits per heavy atom. The first kappa shape index (κ1) is 10.7. The van der Waals surface area contributed by atoms with Crippen molar-refractivity contribution in [2.45, 2.75) is 13.3 Å². The fraction of sp³-hybridized carbons (Fsp3) is 0.167. The number of fused-ring (bicyclic) bond motifs is 2. The number of hydrogen-bond acceptors (Lipinski definition) is 0. The summed E-state index contributed by atoms with van der Waals surface area (Å²) in [6, 6.07) is 15.6. The highest BCUT2D eigenvalue weighted by molar-refractivity contribution is 5.95. The predicted octanol–water partition coefficient (Wildman–Crippen LogP) is 3.54. The van der Waals surface area contributed by atoms with Gasteiger partial charge in [-0.05, 0) is 47.6 Å². The monoisotopic (exact) mass is 246 g/mol. The molecule has 0 saturated carbocycles. The average molecular weight is 246 g/mol. The van der Waals surface area contributed by atoms with E-state index in [0.717, 1.165) is 0 Å². The molecule has 0 atom stereocenters. The van der Waals surface area contributed by atoms with Crippen molar-refractivity contribution < 1.29 is 4.57 Å². The first-order valence-electron chi connectivity index (χ1n) is 6.74. The molecular formula is C18H16N+. The fourth-order valence-electron chi connectivity index (χ4n) is 2.94. The summed E-state index contributed by atoms with van der Waals surface area (Å²) in [6.07, 6.45) is 3.34. The zero-order valence-corrected chi connectivity index (χ0v) is 11.3. The van der Waals surface area contributed by atoms with E-state index in [-0.39, 0.29) is 0 Å². The Bertz CT molecular complexity index is 815. The first-order valence-corrected chi connectivity index (χ1v) is 6.74. The zero-order chi connectivity index (χ0) is 13.0. The maximum atomic E-state index is 2.37. The second-order valence-electron chi connectivity index (χ2n) is 5.48. The second kappa shape index (κ2) is 3.67. The van der Waals surface area contributed by atoms with Crippen LogP contribution in [0.2, 0.25) is 0 Å². The van der Waals surface area contributed by atoms with Crippen molar-refractivity contribution in [1.29, 1.82) is 0 Å². The maximum Gasteiger partial charge on any atom is 0.220 e. The van der Waals surface area contributed by atoms with Crippen LogP contribution in [0.5, 0.6) is 0 Å². The summed E-state index contributed by atoms with van der Waals surface area (Å²) in [5.41, 5.74) is 7.00. The van der Waals surface area contributed by atoms with Gasteiger partial charge in [-0.15, -0.1) is 0 Å². The number of aromatic nitrogens is 1. The lowest BCUT2D eigenvalue weighted by Crippen LogP contribution is -2.30. The molecule has 0 saturated heterocycles. The molecule has 0 radical (unpaired) electrons. The van der Waals surface area contributed by atoms with Crippen molar-refractivity contribution in [3.63, 3.8) is 0 Å². The van der Waals surface area contributed by atoms with Gasteiger partial charge in [0.15, 0.2) is 6.20 Å². The Balaban J connectivity index is 2.12. The van der Waals surface area contributed by atoms with E-state index in [0.29, 0.717) is 0 Å². The highest BCUT2D eigenvalue weighted by atomic mass is 14.9. The molecule has 1 aromatic heterocycles. The van der Waals surface area contributed by atoms with Crippen LogP contribution in [-0.2, 0) is 13.5 Å². The maximum absolute atomic E-state index is 2.37. The molecule has 0 unspecified atom stereocenters. The van der Waals surface area contributed by atoms with Crippen molar-refractivity contribution in [2.75, 3.05) is 0 Å². The molecule has 4 rings (SSSR count). The van der Waals surface area contributed by atoms with Crippen LogP contribution in [0.15, 0.2) is 48.7 Å². The van der Waals surface area contributed by atoms with Gasteiger partial charge < -0.3 is 0 Å². The van der Waals surface area contributed by atoms with Crippen LogP contribution >= 0.6 is 0 Å². The lowest BCUT2D eigenvalue weighted by molar-refractivity contribution is -0.659. The predicted molar refractivity (Wildman–Crippen MR) is 78.1 cm³/mol. The van der Waals surface area contributed by atoms with Gasteiger partial charge in [0.25, 0.3) is 0 Å². The van der Waals surface area contributed by atoms with Crippen molar-refractivity contribution in [3.05, 3.63) is 65.4 Å². The Hall–Kier alpha value is -2.15. The van der Waals surface area contributed by atoms with Crippen LogP contribution in [-0.4, -0.2) is 0 Å². The summed E-state index contributed by atoms with van der Waals surface area (Å²) in [4.78, 5) is 0. The molecule has 3 aromatic rings. The fourth-order valence-corrected chi connectivity index (χ4v) is 2.94. The van der Waals surface area contributed by atoms with Crippen molar-refractivity contribution in [2.24, 2.45) is 7.05 Å². The molecule has 2 aromatic carbocycles. The summed E-state index contributed by atoms with van der Waals surface area (Å²) in [5, 5.41) is 2.73. The van der Waals surface area contributed by atoms with Crippen molar-refractivity contribution in [1.82, 2.24) is 0 Å². The highest BCUT2D eigenvalue weighted by Crippen LogP contribution is 2.36. The van der Waals surface area contributed by atoms with E-state index < -0.39 is 0 Å². The Labute approximate surface area is 113 Å². The number of pyridine rings is 1. The van der Waals surface area contributed by atoms with Crippen molar-refractivity contribution >= 4 is 10.8 Å². The van der Waals surface area contributed by atoms with E-state index in [1.165, 1.54) is 45.1 Å². The Kier molecular flexibility index (Phi) is 2.08. The minimum Gasteiger partial charge on any atom is -0.200 e. The number of nitrogens with zero attached hydrogens (tertiary/aromatic N) is 1. The molecule has 0 spiro atoms. The summed E-state index contributed by atoms with van der Waals surface area (Å²) < 4.78 is 2.24. The van der Waals surface area contributed by atoms with E-state index >= 15 is 0 Å². The molecule has 1 nitrogen and oxygen atoms in total. The molecule has 0 N–H and O–H groups in total. The zero-order valence-electron chi connectivity index (χ0n) is 11.3. The summed E-state index contributed by atoms with van der Waals surface area (Å²) in [5.74, 6) is 0. The number of benzene rings is 2. The van der Waals surface area contributed by atoms with Crippen LogP contribution in [0.4, 0.5) is 0 Å². The highest BCUT2D eigenvalue weighted by Gasteiger charge is 2.22. The van der Waals surface area contributed by atoms with E-state index in [1.54, 1.807) is 0 Å². The van der Waals surface area contributed by atoms with Crippen LogP contribution in [0.1, 0.15) is 16.7 Å². The lowest BCUT2D eigenvalue weighted by atomic mass is 10.00. The third-order valence-electron chi connectivity index (χ3n) is 4.11. The largest absolute Gasteiger partial charge is 0.220 e. The smallest absolute Gasteiger partial charge is 0.200 e. The van der Waals surface area contributed by atoms with Gasteiger partial charge in [-0.25, -0.2) is 4.57 Å². The van der Waals surface area contributed by atoms with Gasteiger partial charge in [-0.3, -0.25) is 0 Å². The van der Waals surface area contributed by atoms with Crippen LogP contribution < -0.4 is 4.57 Å². The quantitative estimate of drug-likeness (QED) is 0.452. The van der Waals surface area contributed by atoms with Gasteiger partial charge in [0.2, 0.25) is 5.69 Å². The summed E-state index contributed by atoms with van der Waals surface area (Å²) in [7, 11) is 2.13. The van der Waals surface area contributed by atoms with Crippen LogP contribution in [0, 0.1) is 6.92 Å². The Morgan fingerprint density at radius 1 is 1.00 bits per heavy atom. The second-order valence-corrected chi connectivity index (χ2v) is 5.48. The average Bonchev–Trinajstić information content (AvgIpc) is 3.16. The third-order valence-corrected chi connectivity index (χ3v) is 4.11. The number of hydrogen-bond donors (Lipinski definition) is 0. The minimum atomic E-state index is 1.17. The molecule has 0 fully saturated rings. The minimum absolute atomic E-state index is 1.17. The standard InChI is InChI=1S/C18H16N/c1-12-5-3-4-6-16(12)18-17-11-15-10-14(15)9-13(17)7-8-19(18)2/h3-9,11H,10H2,1-2H3/q+1. The molecule has 92 valence electrons. The van der Waals surface area contributed by atoms with Gasteiger partial charge in [0.1, 0.15) is 7.05 Å². The summed E-state index contributed by atoms with van der Waals surface area (Å²) in [6.45, 7) is 2.18. The molecular weight excluding hydrogens is 230 g/mol. The van der Waals surface area contributed by atoms with Crippen LogP contribution in [0.3, 0.4) is 0 Å². The van der Waals surface area contributed by atoms with Gasteiger partial charge in [0.05, 0.1) is 5.39 Å². The van der Waals surface area contributed by atoms with Crippen LogP contribution in [0.25, 0.3) is 22.0 Å². The van der Waals surface area contributed by atoms with E-state index in [4.69, 9.17) is 0 Å². The van der Waals surface area contributed by atoms with Gasteiger partial charge >= 0.3 is 0 Å². The molecule has 1 aliphatic rings. The normalized spacial score (nSPS) is 12.5. The molecule has 0 amide bonds. The Morgan fingerprint density at radius 3 is 2.63 bits per heavy atom. The molecule has 1 aliphatic carbocycles. The first-order chi connectivity index (χ1) is 9.24.